The van der Waals surface area contributed by atoms with Crippen LogP contribution in [0.15, 0.2) is 24.3 Å². The Morgan fingerprint density at radius 1 is 0.435 bits per heavy atom. The molecule has 0 radical (unpaired) electrons. The monoisotopic (exact) mass is 874 g/mol. The number of allylic oxidation sites excluding steroid dienone is 4. The third-order valence-corrected chi connectivity index (χ3v) is 12.7. The number of amides is 1. The number of esters is 1. The molecule has 0 rings (SSSR count). The molecule has 0 aromatic rings. The third kappa shape index (κ3) is 47.8. The number of rotatable bonds is 51. The van der Waals surface area contributed by atoms with Gasteiger partial charge in [0.2, 0.25) is 5.91 Å². The lowest BCUT2D eigenvalue weighted by Crippen LogP contribution is -2.45. The van der Waals surface area contributed by atoms with Crippen molar-refractivity contribution in [2.45, 2.75) is 309 Å². The minimum Gasteiger partial charge on any atom is -0.466 e. The van der Waals surface area contributed by atoms with Crippen LogP contribution in [0.25, 0.3) is 0 Å². The highest BCUT2D eigenvalue weighted by Crippen LogP contribution is 2.17. The van der Waals surface area contributed by atoms with Gasteiger partial charge in [-0.2, -0.15) is 0 Å². The van der Waals surface area contributed by atoms with Crippen LogP contribution < -0.4 is 5.32 Å². The number of nitrogens with one attached hydrogen (secondary N) is 1. The van der Waals surface area contributed by atoms with E-state index >= 15 is 0 Å². The van der Waals surface area contributed by atoms with Gasteiger partial charge in [-0.1, -0.05) is 244 Å². The molecular formula is C56H107NO5. The molecule has 62 heavy (non-hydrogen) atoms. The van der Waals surface area contributed by atoms with E-state index in [9.17, 15) is 19.8 Å². The summed E-state index contributed by atoms with van der Waals surface area (Å²) in [6.45, 7) is 4.83. The van der Waals surface area contributed by atoms with Gasteiger partial charge in [0.05, 0.1) is 25.4 Å². The molecule has 0 saturated carbocycles. The molecular weight excluding hydrogens is 767 g/mol. The molecule has 6 heteroatoms. The molecule has 2 atom stereocenters. The van der Waals surface area contributed by atoms with Crippen molar-refractivity contribution in [3.05, 3.63) is 24.3 Å². The van der Waals surface area contributed by atoms with Crippen molar-refractivity contribution in [2.24, 2.45) is 0 Å². The van der Waals surface area contributed by atoms with Gasteiger partial charge in [-0.05, 0) is 64.2 Å². The second-order valence-electron chi connectivity index (χ2n) is 18.9. The van der Waals surface area contributed by atoms with Crippen LogP contribution in [0.1, 0.15) is 296 Å². The standard InChI is InChI=1S/C56H107NO5/c1-3-5-7-9-11-13-15-16-17-18-19-20-21-22-23-24-25-26-27-28-30-32-36-40-44-48-54(59)53(52-58)57-55(60)49-45-41-37-33-31-35-39-43-47-51-62-56(61)50-46-42-38-34-29-14-12-10-8-6-4-2/h10,12,33,37,53-54,58-59H,3-9,11,13-32,34-36,38-52H2,1-2H3,(H,57,60)/b12-10-,37-33-. The van der Waals surface area contributed by atoms with Crippen LogP contribution in [0.4, 0.5) is 0 Å². The number of hydrogen-bond donors (Lipinski definition) is 3. The Morgan fingerprint density at radius 2 is 0.790 bits per heavy atom. The van der Waals surface area contributed by atoms with Gasteiger partial charge in [-0.3, -0.25) is 9.59 Å². The van der Waals surface area contributed by atoms with Gasteiger partial charge in [0.15, 0.2) is 0 Å². The Morgan fingerprint density at radius 3 is 1.23 bits per heavy atom. The fourth-order valence-electron chi connectivity index (χ4n) is 8.45. The third-order valence-electron chi connectivity index (χ3n) is 12.7. The van der Waals surface area contributed by atoms with Crippen molar-refractivity contribution < 1.29 is 24.5 Å². The second-order valence-corrected chi connectivity index (χ2v) is 18.9. The minimum absolute atomic E-state index is 0.0460. The molecule has 366 valence electrons. The fraction of sp³-hybridized carbons (Fsp3) is 0.893. The number of carbonyl (C=O) groups excluding carboxylic acids is 2. The van der Waals surface area contributed by atoms with E-state index in [1.807, 2.05) is 0 Å². The Bertz CT molecular complexity index is 966. The first-order valence-corrected chi connectivity index (χ1v) is 27.6. The zero-order chi connectivity index (χ0) is 45.1. The van der Waals surface area contributed by atoms with E-state index in [4.69, 9.17) is 4.74 Å². The fourth-order valence-corrected chi connectivity index (χ4v) is 8.45. The SMILES string of the molecule is CCCC/C=C\CCCCCCCC(=O)OCCCCCC/C=C\CCCC(=O)NC(CO)C(O)CCCCCCCCCCCCCCCCCCCCCCCCCCC. The van der Waals surface area contributed by atoms with Crippen LogP contribution in [-0.2, 0) is 14.3 Å². The van der Waals surface area contributed by atoms with Crippen LogP contribution >= 0.6 is 0 Å². The highest BCUT2D eigenvalue weighted by Gasteiger charge is 2.20. The number of unbranched alkanes of at least 4 members (excludes halogenated alkanes) is 36. The lowest BCUT2D eigenvalue weighted by molar-refractivity contribution is -0.143. The molecule has 0 aromatic carbocycles. The van der Waals surface area contributed by atoms with Crippen LogP contribution in [0.3, 0.4) is 0 Å². The van der Waals surface area contributed by atoms with E-state index in [2.05, 4.69) is 43.5 Å². The molecule has 0 bridgehead atoms. The summed E-state index contributed by atoms with van der Waals surface area (Å²) in [5.41, 5.74) is 0. The van der Waals surface area contributed by atoms with Crippen molar-refractivity contribution in [2.75, 3.05) is 13.2 Å². The Labute approximate surface area is 386 Å². The van der Waals surface area contributed by atoms with Gasteiger partial charge in [-0.15, -0.1) is 0 Å². The van der Waals surface area contributed by atoms with E-state index in [-0.39, 0.29) is 18.5 Å². The number of aliphatic hydroxyl groups excluding tert-OH is 2. The van der Waals surface area contributed by atoms with Crippen molar-refractivity contribution in [3.63, 3.8) is 0 Å². The Kier molecular flexibility index (Phi) is 50.6. The van der Waals surface area contributed by atoms with Crippen LogP contribution in [0.5, 0.6) is 0 Å². The van der Waals surface area contributed by atoms with Crippen molar-refractivity contribution >= 4 is 11.9 Å². The summed E-state index contributed by atoms with van der Waals surface area (Å²) < 4.78 is 5.42. The minimum atomic E-state index is -0.696. The van der Waals surface area contributed by atoms with Gasteiger partial charge in [0.1, 0.15) is 0 Å². The summed E-state index contributed by atoms with van der Waals surface area (Å²) in [4.78, 5) is 24.4. The van der Waals surface area contributed by atoms with Crippen LogP contribution in [-0.4, -0.2) is 47.4 Å². The zero-order valence-corrected chi connectivity index (χ0v) is 41.6. The predicted molar refractivity (Wildman–Crippen MR) is 269 cm³/mol. The smallest absolute Gasteiger partial charge is 0.305 e. The predicted octanol–water partition coefficient (Wildman–Crippen LogP) is 16.7. The molecule has 1 amide bonds. The average molecular weight is 874 g/mol. The van der Waals surface area contributed by atoms with E-state index in [0.29, 0.717) is 25.9 Å². The van der Waals surface area contributed by atoms with E-state index in [1.165, 1.54) is 193 Å². The second kappa shape index (κ2) is 52.0. The van der Waals surface area contributed by atoms with Crippen molar-refractivity contribution in [1.29, 1.82) is 0 Å². The maximum atomic E-state index is 12.5. The molecule has 0 aliphatic rings. The maximum absolute atomic E-state index is 12.5. The first-order valence-electron chi connectivity index (χ1n) is 27.6. The first kappa shape index (κ1) is 60.3. The maximum Gasteiger partial charge on any atom is 0.305 e. The quantitative estimate of drug-likeness (QED) is 0.0321. The summed E-state index contributed by atoms with van der Waals surface area (Å²) in [6, 6.07) is -0.580. The molecule has 0 spiro atoms. The largest absolute Gasteiger partial charge is 0.466 e. The molecule has 0 fully saturated rings. The Balaban J connectivity index is 3.51. The zero-order valence-electron chi connectivity index (χ0n) is 41.6. The topological polar surface area (TPSA) is 95.9 Å². The van der Waals surface area contributed by atoms with E-state index < -0.39 is 12.1 Å². The van der Waals surface area contributed by atoms with E-state index in [1.54, 1.807) is 0 Å². The summed E-state index contributed by atoms with van der Waals surface area (Å²) in [7, 11) is 0. The first-order chi connectivity index (χ1) is 30.5. The summed E-state index contributed by atoms with van der Waals surface area (Å²) in [6.07, 6.45) is 61.8. The molecule has 0 aliphatic carbocycles. The van der Waals surface area contributed by atoms with Gasteiger partial charge < -0.3 is 20.3 Å². The van der Waals surface area contributed by atoms with Crippen molar-refractivity contribution in [3.8, 4) is 0 Å². The molecule has 0 saturated heterocycles. The molecule has 2 unspecified atom stereocenters. The van der Waals surface area contributed by atoms with Gasteiger partial charge in [0.25, 0.3) is 0 Å². The number of hydrogen-bond acceptors (Lipinski definition) is 5. The molecule has 0 aliphatic heterocycles. The molecule has 0 heterocycles. The Hall–Kier alpha value is -1.66. The summed E-state index contributed by atoms with van der Waals surface area (Å²) >= 11 is 0. The normalized spacial score (nSPS) is 12.8. The average Bonchev–Trinajstić information content (AvgIpc) is 3.27. The number of aliphatic hydroxyl groups is 2. The molecule has 0 aromatic heterocycles. The lowest BCUT2D eigenvalue weighted by atomic mass is 10.0. The number of ether oxygens (including phenoxy) is 1. The molecule has 3 N–H and O–H groups in total. The highest BCUT2D eigenvalue weighted by molar-refractivity contribution is 5.76. The number of carbonyl (C=O) groups is 2. The van der Waals surface area contributed by atoms with Gasteiger partial charge in [-0.25, -0.2) is 0 Å². The molecule has 6 nitrogen and oxygen atoms in total. The van der Waals surface area contributed by atoms with Crippen LogP contribution in [0, 0.1) is 0 Å². The van der Waals surface area contributed by atoms with Crippen LogP contribution in [0.2, 0.25) is 0 Å². The van der Waals surface area contributed by atoms with Gasteiger partial charge in [0, 0.05) is 12.8 Å². The highest BCUT2D eigenvalue weighted by atomic mass is 16.5. The van der Waals surface area contributed by atoms with E-state index in [0.717, 1.165) is 70.6 Å². The van der Waals surface area contributed by atoms with Crippen molar-refractivity contribution in [1.82, 2.24) is 5.32 Å². The summed E-state index contributed by atoms with van der Waals surface area (Å²) in [5.74, 6) is -0.140. The summed E-state index contributed by atoms with van der Waals surface area (Å²) in [5, 5.41) is 23.3. The van der Waals surface area contributed by atoms with Gasteiger partial charge >= 0.3 is 5.97 Å². The lowest BCUT2D eigenvalue weighted by Gasteiger charge is -2.22.